The van der Waals surface area contributed by atoms with E-state index in [0.717, 1.165) is 58.2 Å². The van der Waals surface area contributed by atoms with Gasteiger partial charge in [-0.1, -0.05) is 0 Å². The predicted octanol–water partition coefficient (Wildman–Crippen LogP) is 1.30. The highest BCUT2D eigenvalue weighted by Crippen LogP contribution is 2.30. The minimum atomic E-state index is 0.204. The summed E-state index contributed by atoms with van der Waals surface area (Å²) in [5, 5.41) is 5.36. The third kappa shape index (κ3) is 7.20. The molecule has 0 spiro atoms. The van der Waals surface area contributed by atoms with Crippen LogP contribution in [0.25, 0.3) is 0 Å². The molecule has 0 bridgehead atoms. The highest BCUT2D eigenvalue weighted by molar-refractivity contribution is 9.36. The van der Waals surface area contributed by atoms with Crippen molar-refractivity contribution in [2.75, 3.05) is 19.6 Å². The molecule has 0 aliphatic carbocycles. The first-order valence-electron chi connectivity index (χ1n) is 6.83. The molecule has 1 unspecified atom stereocenters. The molecule has 3 amide bonds. The lowest BCUT2D eigenvalue weighted by Gasteiger charge is -2.08. The minimum absolute atomic E-state index is 0.204. The lowest BCUT2D eigenvalue weighted by Crippen LogP contribution is -2.12. The Morgan fingerprint density at radius 2 is 1.45 bits per heavy atom. The monoisotopic (exact) mass is 365 g/mol. The maximum absolute atomic E-state index is 10.7. The Morgan fingerprint density at radius 1 is 0.900 bits per heavy atom. The van der Waals surface area contributed by atoms with Crippen LogP contribution in [0.4, 0.5) is 0 Å². The zero-order valence-corrected chi connectivity index (χ0v) is 14.0. The van der Waals surface area contributed by atoms with E-state index in [1.807, 2.05) is 4.67 Å². The molecule has 3 saturated heterocycles. The molecule has 3 rings (SSSR count). The average molecular weight is 366 g/mol. The van der Waals surface area contributed by atoms with Crippen molar-refractivity contribution in [3.63, 3.8) is 0 Å². The van der Waals surface area contributed by atoms with Gasteiger partial charge < -0.3 is 15.3 Å². The summed E-state index contributed by atoms with van der Waals surface area (Å²) in [5.74, 6) is 0.699. The molecule has 3 heterocycles. The van der Waals surface area contributed by atoms with Gasteiger partial charge in [-0.2, -0.15) is 0 Å². The minimum Gasteiger partial charge on any atom is -0.356 e. The van der Waals surface area contributed by atoms with Crippen LogP contribution >= 0.6 is 22.9 Å². The number of nitrogens with one attached hydrogen (secondary N) is 2. The zero-order valence-electron chi connectivity index (χ0n) is 11.4. The highest BCUT2D eigenvalue weighted by Gasteiger charge is 2.18. The van der Waals surface area contributed by atoms with Gasteiger partial charge in [0.05, 0.1) is 7.43 Å². The van der Waals surface area contributed by atoms with Gasteiger partial charge in [-0.25, -0.2) is 0 Å². The number of carbonyl (C=O) groups excluding carboxylic acids is 3. The number of carbonyl (C=O) groups is 3. The van der Waals surface area contributed by atoms with Crippen molar-refractivity contribution in [2.24, 2.45) is 0 Å². The Bertz CT molecular complexity index is 319. The molecule has 0 aromatic heterocycles. The van der Waals surface area contributed by atoms with Crippen LogP contribution in [0.3, 0.4) is 0 Å². The van der Waals surface area contributed by atoms with Crippen LogP contribution in [0.15, 0.2) is 0 Å². The summed E-state index contributed by atoms with van der Waals surface area (Å²) in [4.78, 5) is 31.0. The van der Waals surface area contributed by atoms with Crippen LogP contribution in [0, 0.1) is 0 Å². The van der Waals surface area contributed by atoms with E-state index in [4.69, 9.17) is 0 Å². The molecule has 6 nitrogen and oxygen atoms in total. The molecular formula is C12H21BrN3O3P. The second-order valence-corrected chi connectivity index (χ2v) is 6.41. The Balaban J connectivity index is 0.000000152. The summed E-state index contributed by atoms with van der Waals surface area (Å²) >= 11 is 3.25. The Hall–Kier alpha value is -0.680. The Morgan fingerprint density at radius 3 is 1.60 bits per heavy atom. The van der Waals surface area contributed by atoms with Crippen LogP contribution in [0.5, 0.6) is 0 Å². The largest absolute Gasteiger partial charge is 0.356 e. The summed E-state index contributed by atoms with van der Waals surface area (Å²) in [7, 11) is 0.488. The first kappa shape index (κ1) is 17.4. The molecule has 0 aromatic rings. The Labute approximate surface area is 129 Å². The fourth-order valence-electron chi connectivity index (χ4n) is 1.87. The molecule has 3 fully saturated rings. The van der Waals surface area contributed by atoms with Crippen molar-refractivity contribution >= 4 is 40.6 Å². The zero-order chi connectivity index (χ0) is 14.8. The first-order chi connectivity index (χ1) is 9.63. The second-order valence-electron chi connectivity index (χ2n) is 4.64. The Kier molecular flexibility index (Phi) is 8.78. The van der Waals surface area contributed by atoms with Gasteiger partial charge in [-0.05, 0) is 34.8 Å². The van der Waals surface area contributed by atoms with E-state index >= 15 is 0 Å². The van der Waals surface area contributed by atoms with Crippen LogP contribution in [-0.2, 0) is 14.4 Å². The SMILES string of the molecule is O=C1CCCN1.O=C1CCCN1.O=C1CCCN1PBr. The van der Waals surface area contributed by atoms with E-state index in [9.17, 15) is 14.4 Å². The molecule has 2 N–H and O–H groups in total. The molecule has 20 heavy (non-hydrogen) atoms. The van der Waals surface area contributed by atoms with E-state index in [1.54, 1.807) is 0 Å². The van der Waals surface area contributed by atoms with Crippen LogP contribution < -0.4 is 10.6 Å². The summed E-state index contributed by atoms with van der Waals surface area (Å²) in [6.07, 6.45) is 5.31. The van der Waals surface area contributed by atoms with Crippen LogP contribution in [-0.4, -0.2) is 42.0 Å². The quantitative estimate of drug-likeness (QED) is 0.687. The first-order valence-corrected chi connectivity index (χ1v) is 10.0. The highest BCUT2D eigenvalue weighted by atomic mass is 79.9. The van der Waals surface area contributed by atoms with Crippen LogP contribution in [0.1, 0.15) is 38.5 Å². The van der Waals surface area contributed by atoms with Gasteiger partial charge in [-0.15, -0.1) is 0 Å². The van der Waals surface area contributed by atoms with Crippen molar-refractivity contribution in [3.8, 4) is 0 Å². The van der Waals surface area contributed by atoms with Crippen molar-refractivity contribution in [1.29, 1.82) is 0 Å². The van der Waals surface area contributed by atoms with Gasteiger partial charge in [0.1, 0.15) is 0 Å². The summed E-state index contributed by atoms with van der Waals surface area (Å²) in [6.45, 7) is 2.72. The molecule has 0 radical (unpaired) electrons. The fourth-order valence-corrected chi connectivity index (χ4v) is 3.44. The van der Waals surface area contributed by atoms with Crippen molar-refractivity contribution in [2.45, 2.75) is 38.5 Å². The molecule has 8 heteroatoms. The fraction of sp³-hybridized carbons (Fsp3) is 0.750. The number of nitrogens with zero attached hydrogens (tertiary/aromatic N) is 1. The maximum Gasteiger partial charge on any atom is 0.226 e. The van der Waals surface area contributed by atoms with Gasteiger partial charge >= 0.3 is 0 Å². The van der Waals surface area contributed by atoms with Crippen molar-refractivity contribution in [1.82, 2.24) is 15.3 Å². The van der Waals surface area contributed by atoms with Crippen molar-refractivity contribution in [3.05, 3.63) is 0 Å². The lowest BCUT2D eigenvalue weighted by atomic mass is 10.4. The topological polar surface area (TPSA) is 78.5 Å². The van der Waals surface area contributed by atoms with E-state index in [0.29, 0.717) is 13.3 Å². The standard InChI is InChI=1S/C4H7BrNOP.2C4H7NO/c5-8-6-3-1-2-4(6)7;2*6-4-2-1-3-5-4/h8H,1-3H2;2*1-3H2,(H,5,6). The van der Waals surface area contributed by atoms with Gasteiger partial charge in [-0.3, -0.25) is 14.4 Å². The van der Waals surface area contributed by atoms with Gasteiger partial charge in [0.2, 0.25) is 17.7 Å². The average Bonchev–Trinajstić information content (AvgIpc) is 3.15. The summed E-state index contributed by atoms with van der Waals surface area (Å²) in [5.41, 5.74) is 0. The molecular weight excluding hydrogens is 345 g/mol. The summed E-state index contributed by atoms with van der Waals surface area (Å²) in [6, 6.07) is 0. The molecule has 0 aromatic carbocycles. The van der Waals surface area contributed by atoms with Crippen LogP contribution in [0.2, 0.25) is 0 Å². The van der Waals surface area contributed by atoms with Gasteiger partial charge in [0.15, 0.2) is 0 Å². The van der Waals surface area contributed by atoms with Gasteiger partial charge in [0, 0.05) is 38.9 Å². The summed E-state index contributed by atoms with van der Waals surface area (Å²) < 4.78 is 1.83. The van der Waals surface area contributed by atoms with E-state index in [-0.39, 0.29) is 11.8 Å². The number of halogens is 1. The van der Waals surface area contributed by atoms with E-state index in [2.05, 4.69) is 26.1 Å². The molecule has 1 atom stereocenters. The predicted molar refractivity (Wildman–Crippen MR) is 82.7 cm³/mol. The number of rotatable bonds is 1. The molecule has 114 valence electrons. The van der Waals surface area contributed by atoms with Crippen molar-refractivity contribution < 1.29 is 14.4 Å². The van der Waals surface area contributed by atoms with E-state index in [1.165, 1.54) is 0 Å². The number of amides is 3. The smallest absolute Gasteiger partial charge is 0.226 e. The van der Waals surface area contributed by atoms with E-state index < -0.39 is 0 Å². The second kappa shape index (κ2) is 10.1. The maximum atomic E-state index is 10.7. The number of hydrogen-bond donors (Lipinski definition) is 2. The molecule has 3 aliphatic rings. The molecule has 0 saturated carbocycles. The lowest BCUT2D eigenvalue weighted by molar-refractivity contribution is -0.123. The number of hydrogen-bond acceptors (Lipinski definition) is 3. The molecule has 3 aliphatic heterocycles. The normalized spacial score (nSPS) is 21.2. The van der Waals surface area contributed by atoms with Gasteiger partial charge in [0.25, 0.3) is 0 Å². The third-order valence-electron chi connectivity index (χ3n) is 2.98. The third-order valence-corrected chi connectivity index (χ3v) is 4.94.